The van der Waals surface area contributed by atoms with Gasteiger partial charge in [0, 0.05) is 10.4 Å². The molecule has 0 N–H and O–H groups in total. The highest BCUT2D eigenvalue weighted by Gasteiger charge is 2.16. The molecule has 0 fully saturated rings. The molecule has 0 spiro atoms. The molecule has 0 radical (unpaired) electrons. The number of ether oxygens (including phenoxy) is 2. The second-order valence-corrected chi connectivity index (χ2v) is 9.83. The quantitative estimate of drug-likeness (QED) is 0.220. The molecule has 0 aliphatic rings. The van der Waals surface area contributed by atoms with Gasteiger partial charge >= 0.3 is 0 Å². The maximum Gasteiger partial charge on any atom is 0.282 e. The van der Waals surface area contributed by atoms with Crippen molar-refractivity contribution >= 4 is 55.6 Å². The van der Waals surface area contributed by atoms with Crippen molar-refractivity contribution in [3.05, 3.63) is 60.1 Å². The summed E-state index contributed by atoms with van der Waals surface area (Å²) in [4.78, 5) is 17.9. The van der Waals surface area contributed by atoms with Gasteiger partial charge in [-0.1, -0.05) is 36.7 Å². The zero-order valence-electron chi connectivity index (χ0n) is 18.9. The van der Waals surface area contributed by atoms with Crippen LogP contribution >= 0.6 is 38.5 Å². The number of aromatic nitrogens is 2. The fourth-order valence-corrected chi connectivity index (χ4v) is 4.21. The summed E-state index contributed by atoms with van der Waals surface area (Å²) in [5.41, 5.74) is 1.27. The van der Waals surface area contributed by atoms with Gasteiger partial charge in [-0.3, -0.25) is 4.79 Å². The van der Waals surface area contributed by atoms with E-state index in [1.54, 1.807) is 12.3 Å². The Bertz CT molecular complexity index is 1210. The fraction of sp³-hybridized carbons (Fsp3) is 0.375. The summed E-state index contributed by atoms with van der Waals surface area (Å²) in [6.45, 7) is 10.6. The number of hydrogen-bond donors (Lipinski definition) is 0. The summed E-state index contributed by atoms with van der Waals surface area (Å²) in [7, 11) is 0. The van der Waals surface area contributed by atoms with Gasteiger partial charge in [-0.2, -0.15) is 9.78 Å². The maximum atomic E-state index is 13.2. The smallest absolute Gasteiger partial charge is 0.282 e. The normalized spacial score (nSPS) is 12.6. The summed E-state index contributed by atoms with van der Waals surface area (Å²) in [5, 5.41) is 5.04. The van der Waals surface area contributed by atoms with Gasteiger partial charge in [0.15, 0.2) is 11.5 Å². The van der Waals surface area contributed by atoms with E-state index in [4.69, 9.17) is 14.5 Å². The number of fused-ring (bicyclic) bond motifs is 1. The Labute approximate surface area is 210 Å². The number of rotatable bonds is 8. The van der Waals surface area contributed by atoms with Crippen LogP contribution in [0.15, 0.2) is 44.7 Å². The first-order chi connectivity index (χ1) is 15.2. The lowest BCUT2D eigenvalue weighted by Gasteiger charge is -2.18. The first kappa shape index (κ1) is 24.7. The van der Waals surface area contributed by atoms with Crippen molar-refractivity contribution in [2.75, 3.05) is 6.61 Å². The van der Waals surface area contributed by atoms with Gasteiger partial charge in [0.2, 0.25) is 0 Å². The minimum atomic E-state index is -0.201. The lowest BCUT2D eigenvalue weighted by molar-refractivity contribution is 0.201. The molecule has 3 rings (SSSR count). The summed E-state index contributed by atoms with van der Waals surface area (Å²) in [6, 6.07) is 9.35. The van der Waals surface area contributed by atoms with Crippen LogP contribution < -0.4 is 15.0 Å². The summed E-state index contributed by atoms with van der Waals surface area (Å²) in [6.07, 6.45) is 2.64. The third-order valence-corrected chi connectivity index (χ3v) is 6.19. The van der Waals surface area contributed by atoms with Crippen LogP contribution in [0.1, 0.15) is 58.3 Å². The van der Waals surface area contributed by atoms with Crippen LogP contribution in [0.5, 0.6) is 11.5 Å². The van der Waals surface area contributed by atoms with Crippen molar-refractivity contribution in [2.45, 2.75) is 53.1 Å². The Kier molecular flexibility index (Phi) is 8.32. The summed E-state index contributed by atoms with van der Waals surface area (Å²) < 4.78 is 15.0. The van der Waals surface area contributed by atoms with E-state index in [2.05, 4.69) is 50.5 Å². The molecular weight excluding hydrogens is 585 g/mol. The Balaban J connectivity index is 2.09. The van der Waals surface area contributed by atoms with Gasteiger partial charge in [-0.05, 0) is 78.8 Å². The predicted molar refractivity (Wildman–Crippen MR) is 141 cm³/mol. The Hall–Kier alpha value is -1.94. The van der Waals surface area contributed by atoms with E-state index in [0.29, 0.717) is 29.1 Å². The summed E-state index contributed by atoms with van der Waals surface area (Å²) in [5.74, 6) is 2.03. The highest BCUT2D eigenvalue weighted by molar-refractivity contribution is 14.1. The van der Waals surface area contributed by atoms with E-state index >= 15 is 0 Å². The minimum Gasteiger partial charge on any atom is -0.490 e. The molecule has 170 valence electrons. The molecule has 0 amide bonds. The minimum absolute atomic E-state index is 0.0262. The molecular formula is C24H27BrIN3O3. The van der Waals surface area contributed by atoms with E-state index in [1.165, 1.54) is 4.68 Å². The third kappa shape index (κ3) is 5.51. The zero-order valence-corrected chi connectivity index (χ0v) is 22.6. The monoisotopic (exact) mass is 611 g/mol. The second kappa shape index (κ2) is 10.8. The van der Waals surface area contributed by atoms with Crippen molar-refractivity contribution in [3.63, 3.8) is 0 Å². The molecule has 0 aliphatic heterocycles. The van der Waals surface area contributed by atoms with Crippen molar-refractivity contribution in [1.29, 1.82) is 0 Å². The Morgan fingerprint density at radius 3 is 2.62 bits per heavy atom. The van der Waals surface area contributed by atoms with E-state index in [9.17, 15) is 4.79 Å². The van der Waals surface area contributed by atoms with Crippen LogP contribution in [0.4, 0.5) is 0 Å². The average molecular weight is 612 g/mol. The van der Waals surface area contributed by atoms with Crippen molar-refractivity contribution in [1.82, 2.24) is 9.66 Å². The lowest BCUT2D eigenvalue weighted by atomic mass is 10.2. The van der Waals surface area contributed by atoms with Crippen LogP contribution in [-0.4, -0.2) is 28.6 Å². The standard InChI is InChI=1S/C24H27BrIN3O3/c1-6-15(5)32-22-19(26)10-16(11-21(22)31-7-2)13-27-29-23(14(3)4)28-20-9-8-17(25)12-18(20)24(29)30/h8-15H,6-7H2,1-5H3/t15-/m1/s1. The fourth-order valence-electron chi connectivity index (χ4n) is 3.10. The molecule has 0 unspecified atom stereocenters. The van der Waals surface area contributed by atoms with Crippen LogP contribution in [0, 0.1) is 3.57 Å². The molecule has 32 heavy (non-hydrogen) atoms. The highest BCUT2D eigenvalue weighted by atomic mass is 127. The number of benzene rings is 2. The molecule has 1 atom stereocenters. The number of hydrogen-bond acceptors (Lipinski definition) is 5. The Morgan fingerprint density at radius 2 is 1.97 bits per heavy atom. The molecule has 8 heteroatoms. The molecule has 0 saturated heterocycles. The number of halogens is 2. The zero-order chi connectivity index (χ0) is 23.4. The maximum absolute atomic E-state index is 13.2. The van der Waals surface area contributed by atoms with E-state index in [1.807, 2.05) is 52.0 Å². The van der Waals surface area contributed by atoms with Gasteiger partial charge in [0.05, 0.1) is 33.4 Å². The first-order valence-electron chi connectivity index (χ1n) is 10.6. The molecule has 1 aromatic heterocycles. The molecule has 1 heterocycles. The Morgan fingerprint density at radius 1 is 1.22 bits per heavy atom. The molecule has 0 aliphatic carbocycles. The predicted octanol–water partition coefficient (Wildman–Crippen LogP) is 6.35. The van der Waals surface area contributed by atoms with Crippen molar-refractivity contribution in [2.24, 2.45) is 5.10 Å². The lowest BCUT2D eigenvalue weighted by Crippen LogP contribution is -2.23. The third-order valence-electron chi connectivity index (χ3n) is 4.90. The SMILES string of the molecule is CCOc1cc(C=Nn2c(C(C)C)nc3ccc(Br)cc3c2=O)cc(I)c1O[C@H](C)CC. The largest absolute Gasteiger partial charge is 0.490 e. The highest BCUT2D eigenvalue weighted by Crippen LogP contribution is 2.35. The van der Waals surface area contributed by atoms with Gasteiger partial charge in [-0.25, -0.2) is 4.98 Å². The first-order valence-corrected chi connectivity index (χ1v) is 12.5. The van der Waals surface area contributed by atoms with Crippen LogP contribution in [-0.2, 0) is 0 Å². The molecule has 6 nitrogen and oxygen atoms in total. The van der Waals surface area contributed by atoms with Crippen molar-refractivity contribution < 1.29 is 9.47 Å². The van der Waals surface area contributed by atoms with Gasteiger partial charge in [0.25, 0.3) is 5.56 Å². The average Bonchev–Trinajstić information content (AvgIpc) is 2.75. The van der Waals surface area contributed by atoms with Gasteiger partial charge in [0.1, 0.15) is 5.82 Å². The molecule has 2 aromatic carbocycles. The van der Waals surface area contributed by atoms with E-state index in [0.717, 1.165) is 25.8 Å². The van der Waals surface area contributed by atoms with Crippen molar-refractivity contribution in [3.8, 4) is 11.5 Å². The molecule has 3 aromatic rings. The van der Waals surface area contributed by atoms with Crippen LogP contribution in [0.2, 0.25) is 0 Å². The topological polar surface area (TPSA) is 65.7 Å². The molecule has 0 bridgehead atoms. The molecule has 0 saturated carbocycles. The van der Waals surface area contributed by atoms with Crippen LogP contribution in [0.25, 0.3) is 10.9 Å². The number of nitrogens with zero attached hydrogens (tertiary/aromatic N) is 3. The van der Waals surface area contributed by atoms with E-state index in [-0.39, 0.29) is 17.6 Å². The van der Waals surface area contributed by atoms with Gasteiger partial charge in [-0.15, -0.1) is 0 Å². The van der Waals surface area contributed by atoms with Gasteiger partial charge < -0.3 is 9.47 Å². The second-order valence-electron chi connectivity index (χ2n) is 7.75. The van der Waals surface area contributed by atoms with Crippen LogP contribution in [0.3, 0.4) is 0 Å². The van der Waals surface area contributed by atoms with E-state index < -0.39 is 0 Å². The summed E-state index contributed by atoms with van der Waals surface area (Å²) >= 11 is 5.67.